The average Bonchev–Trinajstić information content (AvgIpc) is 2.92. The molecular weight excluding hydrogens is 395 g/mol. The number of allylic oxidation sites excluding steroid dienone is 1. The monoisotopic (exact) mass is 424 g/mol. The number of hydrogen-bond acceptors (Lipinski definition) is 7. The van der Waals surface area contributed by atoms with Crippen LogP contribution >= 0.6 is 7.82 Å². The maximum Gasteiger partial charge on any atom is 0.190 e. The van der Waals surface area contributed by atoms with Crippen LogP contribution in [0.5, 0.6) is 0 Å². The van der Waals surface area contributed by atoms with Gasteiger partial charge >= 0.3 is 0 Å². The Kier molecular flexibility index (Phi) is 5.03. The van der Waals surface area contributed by atoms with E-state index in [2.05, 4.69) is 11.4 Å². The summed E-state index contributed by atoms with van der Waals surface area (Å²) >= 11 is 0. The zero-order valence-corrected chi connectivity index (χ0v) is 17.9. The highest BCUT2D eigenvalue weighted by Gasteiger charge is 2.66. The number of carbonyl (C=O) groups excluding carboxylic acids is 2. The van der Waals surface area contributed by atoms with Crippen LogP contribution in [0.4, 0.5) is 0 Å². The molecule has 8 heteroatoms. The van der Waals surface area contributed by atoms with Crippen LogP contribution in [-0.2, 0) is 18.7 Å². The number of hydrogen-bond donors (Lipinski definition) is 1. The molecule has 1 N–H and O–H groups in total. The number of fused-ring (bicyclic) bond motifs is 5. The smallest absolute Gasteiger partial charge is 0.190 e. The normalized spacial score (nSPS) is 44.5. The molecule has 0 saturated heterocycles. The molecule has 0 heterocycles. The highest BCUT2D eigenvalue weighted by molar-refractivity contribution is 7.43. The summed E-state index contributed by atoms with van der Waals surface area (Å²) < 4.78 is 15.0. The summed E-state index contributed by atoms with van der Waals surface area (Å²) in [5.41, 5.74) is -1.06. The van der Waals surface area contributed by atoms with E-state index in [1.54, 1.807) is 0 Å². The summed E-state index contributed by atoms with van der Waals surface area (Å²) in [5, 5.41) is 11.4. The third kappa shape index (κ3) is 3.21. The molecule has 0 spiro atoms. The molecule has 0 aromatic heterocycles. The Labute approximate surface area is 171 Å². The molecule has 0 radical (unpaired) electrons. The maximum atomic E-state index is 12.7. The Bertz CT molecular complexity index is 816. The van der Waals surface area contributed by atoms with Crippen molar-refractivity contribution in [3.63, 3.8) is 0 Å². The van der Waals surface area contributed by atoms with Crippen LogP contribution in [0.2, 0.25) is 0 Å². The van der Waals surface area contributed by atoms with E-state index in [-0.39, 0.29) is 23.5 Å². The van der Waals surface area contributed by atoms with Crippen LogP contribution in [0, 0.1) is 28.6 Å². The predicted octanol–water partition coefficient (Wildman–Crippen LogP) is 1.66. The van der Waals surface area contributed by atoms with E-state index in [9.17, 15) is 29.0 Å². The molecule has 0 bridgehead atoms. The van der Waals surface area contributed by atoms with Gasteiger partial charge in [0.1, 0.15) is 12.2 Å². The molecular formula is C21H29O7P-2. The molecule has 29 heavy (non-hydrogen) atoms. The minimum absolute atomic E-state index is 0.00371. The Balaban J connectivity index is 1.59. The summed E-state index contributed by atoms with van der Waals surface area (Å²) in [5.74, 6) is 0.436. The van der Waals surface area contributed by atoms with E-state index in [4.69, 9.17) is 0 Å². The van der Waals surface area contributed by atoms with Gasteiger partial charge in [0.15, 0.2) is 11.6 Å². The molecule has 0 aromatic carbocycles. The van der Waals surface area contributed by atoms with E-state index >= 15 is 0 Å². The van der Waals surface area contributed by atoms with Crippen molar-refractivity contribution >= 4 is 19.4 Å². The largest absolute Gasteiger partial charge is 0.790 e. The van der Waals surface area contributed by atoms with Gasteiger partial charge in [0.2, 0.25) is 0 Å². The summed E-state index contributed by atoms with van der Waals surface area (Å²) in [7, 11) is -5.27. The third-order valence-electron chi connectivity index (χ3n) is 8.93. The van der Waals surface area contributed by atoms with Gasteiger partial charge in [-0.2, -0.15) is 0 Å². The van der Waals surface area contributed by atoms with E-state index in [0.29, 0.717) is 31.1 Å². The zero-order chi connectivity index (χ0) is 21.2. The first kappa shape index (κ1) is 21.4. The standard InChI is InChI=1S/C21H31O7P/c1-19-8-5-14(22)11-13(19)3-4-15-16(19)6-9-20(2)17(15)7-10-21(20,24)18(23)12-28-29(25,26)27/h11,15-17,24H,3-10,12H2,1-2H3,(H2,25,26,27)/p-2/t15-,16+,17-,19+,20-,21+/m0/s1. The minimum Gasteiger partial charge on any atom is -0.790 e. The summed E-state index contributed by atoms with van der Waals surface area (Å²) in [6.45, 7) is 3.31. The van der Waals surface area contributed by atoms with Crippen LogP contribution in [0.1, 0.15) is 65.2 Å². The number of phosphoric acid groups is 1. The second kappa shape index (κ2) is 6.83. The SMILES string of the molecule is C[C@]12CC[C@@H]3[C@H](CCC4=CC(=O)CC[C@]43C)[C@@H]1CC[C@@]2(O)C(=O)COP(=O)([O-])[O-]. The van der Waals surface area contributed by atoms with E-state index in [1.807, 2.05) is 13.0 Å². The van der Waals surface area contributed by atoms with Crippen LogP contribution < -0.4 is 9.79 Å². The van der Waals surface area contributed by atoms with Crippen molar-refractivity contribution in [2.75, 3.05) is 6.61 Å². The first-order valence-corrected chi connectivity index (χ1v) is 12.0. The number of carbonyl (C=O) groups is 2. The van der Waals surface area contributed by atoms with Crippen LogP contribution in [0.3, 0.4) is 0 Å². The van der Waals surface area contributed by atoms with Gasteiger partial charge in [-0.1, -0.05) is 19.4 Å². The average molecular weight is 424 g/mol. The van der Waals surface area contributed by atoms with Gasteiger partial charge < -0.3 is 24.0 Å². The number of rotatable bonds is 4. The summed E-state index contributed by atoms with van der Waals surface area (Å²) in [4.78, 5) is 46.2. The lowest BCUT2D eigenvalue weighted by Crippen LogP contribution is -2.58. The van der Waals surface area contributed by atoms with Crippen molar-refractivity contribution in [2.24, 2.45) is 28.6 Å². The molecule has 6 atom stereocenters. The van der Waals surface area contributed by atoms with Gasteiger partial charge in [0.25, 0.3) is 0 Å². The molecule has 0 aromatic rings. The Morgan fingerprint density at radius 3 is 2.55 bits per heavy atom. The molecule has 4 aliphatic rings. The summed E-state index contributed by atoms with van der Waals surface area (Å²) in [6.07, 6.45) is 7.58. The highest BCUT2D eigenvalue weighted by Crippen LogP contribution is 2.67. The molecule has 0 unspecified atom stereocenters. The first-order chi connectivity index (χ1) is 13.4. The fraction of sp³-hybridized carbons (Fsp3) is 0.810. The molecule has 4 rings (SSSR count). The second-order valence-electron chi connectivity index (χ2n) is 9.97. The van der Waals surface area contributed by atoms with Crippen molar-refractivity contribution in [3.05, 3.63) is 11.6 Å². The third-order valence-corrected chi connectivity index (χ3v) is 9.37. The Morgan fingerprint density at radius 2 is 1.86 bits per heavy atom. The minimum atomic E-state index is -5.27. The summed E-state index contributed by atoms with van der Waals surface area (Å²) in [6, 6.07) is 0. The quantitative estimate of drug-likeness (QED) is 0.680. The fourth-order valence-corrected chi connectivity index (χ4v) is 7.57. The molecule has 0 amide bonds. The van der Waals surface area contributed by atoms with Crippen molar-refractivity contribution in [1.29, 1.82) is 0 Å². The van der Waals surface area contributed by atoms with Crippen LogP contribution in [0.15, 0.2) is 11.6 Å². The molecule has 162 valence electrons. The van der Waals surface area contributed by atoms with E-state index in [1.165, 1.54) is 5.57 Å². The maximum absolute atomic E-state index is 12.7. The van der Waals surface area contributed by atoms with Gasteiger partial charge in [-0.3, -0.25) is 9.59 Å². The van der Waals surface area contributed by atoms with E-state index in [0.717, 1.165) is 25.7 Å². The number of ketones is 2. The number of Topliss-reactive ketones (excluding diaryl/α,β-unsaturated/α-hetero) is 1. The van der Waals surface area contributed by atoms with E-state index < -0.39 is 31.2 Å². The lowest BCUT2D eigenvalue weighted by atomic mass is 9.46. The van der Waals surface area contributed by atoms with Gasteiger partial charge in [-0.25, -0.2) is 0 Å². The fourth-order valence-electron chi connectivity index (χ4n) is 7.29. The van der Waals surface area contributed by atoms with Crippen molar-refractivity contribution in [3.8, 4) is 0 Å². The second-order valence-corrected chi connectivity index (χ2v) is 11.1. The van der Waals surface area contributed by atoms with Gasteiger partial charge in [-0.05, 0) is 74.2 Å². The number of aliphatic hydroxyl groups is 1. The lowest BCUT2D eigenvalue weighted by Gasteiger charge is -2.58. The van der Waals surface area contributed by atoms with Crippen LogP contribution in [0.25, 0.3) is 0 Å². The Morgan fingerprint density at radius 1 is 1.17 bits per heavy atom. The van der Waals surface area contributed by atoms with Crippen molar-refractivity contribution < 1.29 is 33.6 Å². The van der Waals surface area contributed by atoms with Crippen LogP contribution in [-0.4, -0.2) is 28.9 Å². The van der Waals surface area contributed by atoms with Crippen molar-refractivity contribution in [2.45, 2.75) is 70.8 Å². The lowest BCUT2D eigenvalue weighted by molar-refractivity contribution is -0.341. The van der Waals surface area contributed by atoms with Gasteiger partial charge in [-0.15, -0.1) is 0 Å². The first-order valence-electron chi connectivity index (χ1n) is 10.6. The molecule has 0 aliphatic heterocycles. The Hall–Kier alpha value is -0.850. The molecule has 3 saturated carbocycles. The topological polar surface area (TPSA) is 127 Å². The van der Waals surface area contributed by atoms with Gasteiger partial charge in [0.05, 0.1) is 7.82 Å². The molecule has 7 nitrogen and oxygen atoms in total. The molecule has 3 fully saturated rings. The zero-order valence-electron chi connectivity index (χ0n) is 17.0. The van der Waals surface area contributed by atoms with Crippen molar-refractivity contribution in [1.82, 2.24) is 0 Å². The predicted molar refractivity (Wildman–Crippen MR) is 100 cm³/mol. The molecule has 4 aliphatic carbocycles. The highest BCUT2D eigenvalue weighted by atomic mass is 31.2. The van der Waals surface area contributed by atoms with Gasteiger partial charge in [0, 0.05) is 11.8 Å². The number of phosphoric ester groups is 1.